The molecule has 0 radical (unpaired) electrons. The van der Waals surface area contributed by atoms with E-state index in [1.807, 2.05) is 0 Å². The maximum Gasteiger partial charge on any atom is 0.285 e. The Hall–Kier alpha value is -1.20. The molecule has 1 aromatic rings. The minimum Gasteiger partial charge on any atom is -0.490 e. The number of methoxy groups -OCH3 is 1. The first-order valence-corrected chi connectivity index (χ1v) is 4.40. The van der Waals surface area contributed by atoms with Crippen molar-refractivity contribution in [3.8, 4) is 5.75 Å². The number of rotatable bonds is 2. The van der Waals surface area contributed by atoms with Gasteiger partial charge in [-0.25, -0.2) is 13.5 Å². The molecule has 0 aromatic carbocycles. The molecule has 0 saturated carbocycles. The number of alkyl halides is 2. The molecule has 0 spiro atoms. The Morgan fingerprint density at radius 3 is 2.13 bits per heavy atom. The Morgan fingerprint density at radius 1 is 1.33 bits per heavy atom. The standard InChI is InChI=1S/C9H13F3N2O/c1-9(2,3)14-8(12)6(15-4)5(13-14)7(10)11/h7H,1-4H3. The topological polar surface area (TPSA) is 27.1 Å². The molecule has 1 aromatic heterocycles. The first-order chi connectivity index (χ1) is 6.79. The van der Waals surface area contributed by atoms with Crippen LogP contribution in [-0.4, -0.2) is 16.9 Å². The molecule has 0 atom stereocenters. The summed E-state index contributed by atoms with van der Waals surface area (Å²) in [5.74, 6) is -1.36. The second-order valence-corrected chi connectivity index (χ2v) is 4.09. The number of ether oxygens (including phenoxy) is 1. The van der Waals surface area contributed by atoms with Crippen LogP contribution in [0.1, 0.15) is 32.9 Å². The van der Waals surface area contributed by atoms with Crippen LogP contribution < -0.4 is 4.74 Å². The van der Waals surface area contributed by atoms with E-state index in [1.54, 1.807) is 20.8 Å². The SMILES string of the molecule is COc1c(C(F)F)nn(C(C)(C)C)c1F. The summed E-state index contributed by atoms with van der Waals surface area (Å²) in [6, 6.07) is 0. The van der Waals surface area contributed by atoms with Crippen LogP contribution in [0.5, 0.6) is 5.75 Å². The Bertz CT molecular complexity index is 355. The van der Waals surface area contributed by atoms with Crippen LogP contribution in [0.4, 0.5) is 13.2 Å². The third-order valence-electron chi connectivity index (χ3n) is 1.86. The lowest BCUT2D eigenvalue weighted by molar-refractivity contribution is 0.140. The molecule has 3 nitrogen and oxygen atoms in total. The molecule has 15 heavy (non-hydrogen) atoms. The first-order valence-electron chi connectivity index (χ1n) is 4.40. The van der Waals surface area contributed by atoms with Gasteiger partial charge in [-0.3, -0.25) is 0 Å². The maximum absolute atomic E-state index is 13.6. The van der Waals surface area contributed by atoms with E-state index >= 15 is 0 Å². The molecular weight excluding hydrogens is 209 g/mol. The van der Waals surface area contributed by atoms with Gasteiger partial charge in [-0.2, -0.15) is 9.49 Å². The maximum atomic E-state index is 13.6. The molecule has 0 aliphatic carbocycles. The molecule has 0 amide bonds. The number of nitrogens with zero attached hydrogens (tertiary/aromatic N) is 2. The van der Waals surface area contributed by atoms with Crippen LogP contribution >= 0.6 is 0 Å². The predicted molar refractivity (Wildman–Crippen MR) is 48.7 cm³/mol. The molecule has 0 bridgehead atoms. The fraction of sp³-hybridized carbons (Fsp3) is 0.667. The molecular formula is C9H13F3N2O. The Labute approximate surface area is 85.8 Å². The van der Waals surface area contributed by atoms with Gasteiger partial charge in [0.05, 0.1) is 12.6 Å². The first kappa shape index (κ1) is 11.9. The zero-order valence-electron chi connectivity index (χ0n) is 9.01. The third-order valence-corrected chi connectivity index (χ3v) is 1.86. The van der Waals surface area contributed by atoms with Crippen molar-refractivity contribution in [3.05, 3.63) is 11.6 Å². The second kappa shape index (κ2) is 3.75. The molecule has 6 heteroatoms. The molecule has 1 heterocycles. The van der Waals surface area contributed by atoms with Crippen molar-refractivity contribution >= 4 is 0 Å². The van der Waals surface area contributed by atoms with Gasteiger partial charge in [-0.05, 0) is 20.8 Å². The summed E-state index contributed by atoms with van der Waals surface area (Å²) in [6.45, 7) is 4.99. The summed E-state index contributed by atoms with van der Waals surface area (Å²) in [5, 5.41) is 3.52. The van der Waals surface area contributed by atoms with Gasteiger partial charge in [-0.1, -0.05) is 0 Å². The zero-order chi connectivity index (χ0) is 11.8. The Balaban J connectivity index is 3.34. The average Bonchev–Trinajstić information content (AvgIpc) is 2.41. The van der Waals surface area contributed by atoms with E-state index in [4.69, 9.17) is 0 Å². The van der Waals surface area contributed by atoms with Crippen LogP contribution in [0.3, 0.4) is 0 Å². The van der Waals surface area contributed by atoms with E-state index in [9.17, 15) is 13.2 Å². The predicted octanol–water partition coefficient (Wildman–Crippen LogP) is 2.72. The van der Waals surface area contributed by atoms with Crippen LogP contribution in [0.15, 0.2) is 0 Å². The summed E-state index contributed by atoms with van der Waals surface area (Å²) in [7, 11) is 1.14. The highest BCUT2D eigenvalue weighted by Gasteiger charge is 2.29. The van der Waals surface area contributed by atoms with Crippen molar-refractivity contribution in [1.82, 2.24) is 9.78 Å². The number of aromatic nitrogens is 2. The highest BCUT2D eigenvalue weighted by atomic mass is 19.3. The van der Waals surface area contributed by atoms with Gasteiger partial charge in [0.25, 0.3) is 12.4 Å². The van der Waals surface area contributed by atoms with E-state index in [1.165, 1.54) is 0 Å². The molecule has 1 rings (SSSR count). The lowest BCUT2D eigenvalue weighted by Crippen LogP contribution is -2.25. The van der Waals surface area contributed by atoms with Crippen LogP contribution in [-0.2, 0) is 5.54 Å². The van der Waals surface area contributed by atoms with E-state index in [2.05, 4.69) is 9.84 Å². The molecule has 0 N–H and O–H groups in total. The van der Waals surface area contributed by atoms with Crippen molar-refractivity contribution in [2.75, 3.05) is 7.11 Å². The van der Waals surface area contributed by atoms with E-state index in [-0.39, 0.29) is 0 Å². The summed E-state index contributed by atoms with van der Waals surface area (Å²) < 4.78 is 44.0. The molecule has 0 saturated heterocycles. The minimum atomic E-state index is -2.85. The van der Waals surface area contributed by atoms with Gasteiger partial charge in [0.2, 0.25) is 5.75 Å². The second-order valence-electron chi connectivity index (χ2n) is 4.09. The van der Waals surface area contributed by atoms with Crippen molar-refractivity contribution in [3.63, 3.8) is 0 Å². The summed E-state index contributed by atoms with van der Waals surface area (Å²) in [4.78, 5) is 0. The van der Waals surface area contributed by atoms with Gasteiger partial charge in [0.15, 0.2) is 5.69 Å². The average molecular weight is 222 g/mol. The summed E-state index contributed by atoms with van der Waals surface area (Å²) in [6.07, 6.45) is -2.85. The largest absolute Gasteiger partial charge is 0.490 e. The van der Waals surface area contributed by atoms with Gasteiger partial charge in [0.1, 0.15) is 0 Å². The lowest BCUT2D eigenvalue weighted by Gasteiger charge is -2.19. The van der Waals surface area contributed by atoms with Crippen molar-refractivity contribution in [2.24, 2.45) is 0 Å². The highest BCUT2D eigenvalue weighted by molar-refractivity contribution is 5.28. The van der Waals surface area contributed by atoms with Crippen molar-refractivity contribution in [2.45, 2.75) is 32.7 Å². The molecule has 0 unspecified atom stereocenters. The summed E-state index contributed by atoms with van der Waals surface area (Å²) in [5.41, 5.74) is -1.37. The molecule has 86 valence electrons. The lowest BCUT2D eigenvalue weighted by atomic mass is 10.1. The highest BCUT2D eigenvalue weighted by Crippen LogP contribution is 2.32. The van der Waals surface area contributed by atoms with Crippen molar-refractivity contribution < 1.29 is 17.9 Å². The number of halogens is 3. The van der Waals surface area contributed by atoms with Crippen LogP contribution in [0.25, 0.3) is 0 Å². The Kier molecular flexibility index (Phi) is 2.97. The van der Waals surface area contributed by atoms with Gasteiger partial charge < -0.3 is 4.74 Å². The van der Waals surface area contributed by atoms with E-state index in [0.29, 0.717) is 0 Å². The van der Waals surface area contributed by atoms with E-state index < -0.39 is 29.4 Å². The zero-order valence-corrected chi connectivity index (χ0v) is 9.01. The fourth-order valence-electron chi connectivity index (χ4n) is 1.17. The Morgan fingerprint density at radius 2 is 1.87 bits per heavy atom. The summed E-state index contributed by atoms with van der Waals surface area (Å²) >= 11 is 0. The number of hydrogen-bond donors (Lipinski definition) is 0. The van der Waals surface area contributed by atoms with Gasteiger partial charge in [-0.15, -0.1) is 0 Å². The van der Waals surface area contributed by atoms with E-state index in [0.717, 1.165) is 11.8 Å². The molecule has 0 fully saturated rings. The third kappa shape index (κ3) is 2.08. The quantitative estimate of drug-likeness (QED) is 0.769. The normalized spacial score (nSPS) is 12.3. The molecule has 0 aliphatic rings. The fourth-order valence-corrected chi connectivity index (χ4v) is 1.17. The monoisotopic (exact) mass is 222 g/mol. The van der Waals surface area contributed by atoms with Crippen LogP contribution in [0, 0.1) is 5.95 Å². The van der Waals surface area contributed by atoms with Crippen molar-refractivity contribution in [1.29, 1.82) is 0 Å². The van der Waals surface area contributed by atoms with Gasteiger partial charge in [0, 0.05) is 0 Å². The number of hydrogen-bond acceptors (Lipinski definition) is 2. The van der Waals surface area contributed by atoms with Crippen LogP contribution in [0.2, 0.25) is 0 Å². The molecule has 0 aliphatic heterocycles. The minimum absolute atomic E-state index is 0.486. The smallest absolute Gasteiger partial charge is 0.285 e. The van der Waals surface area contributed by atoms with Gasteiger partial charge >= 0.3 is 0 Å².